The first-order chi connectivity index (χ1) is 7.99. The Morgan fingerprint density at radius 1 is 1.24 bits per heavy atom. The molecule has 0 saturated carbocycles. The predicted molar refractivity (Wildman–Crippen MR) is 84.2 cm³/mol. The van der Waals surface area contributed by atoms with Gasteiger partial charge in [0.1, 0.15) is 5.82 Å². The molecular weight excluding hydrogens is 461 g/mol. The van der Waals surface area contributed by atoms with Gasteiger partial charge in [0, 0.05) is 9.13 Å². The Morgan fingerprint density at radius 2 is 1.94 bits per heavy atom. The highest BCUT2D eigenvalue weighted by atomic mass is 127. The second-order valence-corrected chi connectivity index (χ2v) is 7.67. The average Bonchev–Trinajstić information content (AvgIpc) is 2.57. The third kappa shape index (κ3) is 3.15. The van der Waals surface area contributed by atoms with E-state index in [1.807, 2.05) is 6.07 Å². The van der Waals surface area contributed by atoms with Crippen LogP contribution in [-0.4, -0.2) is 0 Å². The van der Waals surface area contributed by atoms with Crippen LogP contribution in [0.4, 0.5) is 4.39 Å². The summed E-state index contributed by atoms with van der Waals surface area (Å²) in [5.41, 5.74) is 1.88. The molecule has 6 heteroatoms. The number of alkyl halides is 1. The predicted octanol–water partition coefficient (Wildman–Crippen LogP) is 6.28. The number of rotatable bonds is 2. The van der Waals surface area contributed by atoms with Crippen LogP contribution in [0.25, 0.3) is 0 Å². The number of thiophene rings is 1. The van der Waals surface area contributed by atoms with Crippen LogP contribution in [0.1, 0.15) is 16.0 Å². The van der Waals surface area contributed by atoms with Crippen molar-refractivity contribution >= 4 is 73.1 Å². The first-order valence-corrected chi connectivity index (χ1v) is 8.09. The molecule has 0 saturated heterocycles. The van der Waals surface area contributed by atoms with Crippen LogP contribution >= 0.6 is 73.1 Å². The van der Waals surface area contributed by atoms with E-state index in [0.717, 1.165) is 14.7 Å². The molecule has 2 rings (SSSR count). The smallest absolute Gasteiger partial charge is 0.124 e. The van der Waals surface area contributed by atoms with E-state index in [-0.39, 0.29) is 10.6 Å². The zero-order valence-electron chi connectivity index (χ0n) is 8.18. The highest BCUT2D eigenvalue weighted by molar-refractivity contribution is 14.1. The van der Waals surface area contributed by atoms with Crippen molar-refractivity contribution in [1.82, 2.24) is 0 Å². The minimum Gasteiger partial charge on any atom is -0.207 e. The van der Waals surface area contributed by atoms with Crippen molar-refractivity contribution in [2.45, 2.75) is 4.83 Å². The lowest BCUT2D eigenvalue weighted by atomic mass is 10.1. The molecule has 1 aromatic heterocycles. The Morgan fingerprint density at radius 3 is 2.47 bits per heavy atom. The van der Waals surface area contributed by atoms with E-state index in [1.165, 1.54) is 23.5 Å². The van der Waals surface area contributed by atoms with E-state index in [1.54, 1.807) is 6.07 Å². The largest absolute Gasteiger partial charge is 0.207 e. The number of benzene rings is 1. The third-order valence-electron chi connectivity index (χ3n) is 2.19. The highest BCUT2D eigenvalue weighted by Gasteiger charge is 2.19. The first-order valence-electron chi connectivity index (χ1n) is 4.53. The monoisotopic (exact) mass is 464 g/mol. The van der Waals surface area contributed by atoms with E-state index in [4.69, 9.17) is 23.2 Å². The molecule has 2 aromatic rings. The second-order valence-electron chi connectivity index (χ2n) is 3.31. The molecule has 1 aromatic carbocycles. The number of hydrogen-bond acceptors (Lipinski definition) is 1. The van der Waals surface area contributed by atoms with Gasteiger partial charge >= 0.3 is 0 Å². The molecule has 17 heavy (non-hydrogen) atoms. The van der Waals surface area contributed by atoms with E-state index >= 15 is 0 Å². The van der Waals surface area contributed by atoms with Crippen LogP contribution in [0.15, 0.2) is 24.3 Å². The summed E-state index contributed by atoms with van der Waals surface area (Å²) in [5, 5.41) is 0. The fourth-order valence-corrected chi connectivity index (χ4v) is 5.19. The van der Waals surface area contributed by atoms with E-state index in [0.29, 0.717) is 8.67 Å². The van der Waals surface area contributed by atoms with Gasteiger partial charge in [-0.05, 0) is 46.4 Å². The van der Waals surface area contributed by atoms with Crippen molar-refractivity contribution in [1.29, 1.82) is 0 Å². The lowest BCUT2D eigenvalue weighted by Gasteiger charge is -2.11. The molecule has 0 bridgehead atoms. The number of hydrogen-bond donors (Lipinski definition) is 0. The lowest BCUT2D eigenvalue weighted by molar-refractivity contribution is 0.626. The van der Waals surface area contributed by atoms with Gasteiger partial charge in [-0.25, -0.2) is 4.39 Å². The van der Waals surface area contributed by atoms with Crippen LogP contribution in [0.5, 0.6) is 0 Å². The van der Waals surface area contributed by atoms with Gasteiger partial charge in [0.15, 0.2) is 0 Å². The fraction of sp³-hybridized carbons (Fsp3) is 0.0909. The molecule has 0 N–H and O–H groups in total. The summed E-state index contributed by atoms with van der Waals surface area (Å²) in [6.07, 6.45) is 0. The van der Waals surface area contributed by atoms with Crippen molar-refractivity contribution in [2.75, 3.05) is 0 Å². The number of halogens is 5. The van der Waals surface area contributed by atoms with E-state index < -0.39 is 0 Å². The molecule has 1 atom stereocenters. The van der Waals surface area contributed by atoms with Crippen molar-refractivity contribution in [3.8, 4) is 0 Å². The molecule has 1 heterocycles. The van der Waals surface area contributed by atoms with Crippen LogP contribution in [0.2, 0.25) is 8.67 Å². The standard InChI is InChI=1S/C11H5BrCl2FIS/c12-10(7-4-9(13)17-11(7)14)6-2-1-5(15)3-8(6)16/h1-4,10H. The van der Waals surface area contributed by atoms with Gasteiger partial charge in [0.25, 0.3) is 0 Å². The highest BCUT2D eigenvalue weighted by Crippen LogP contribution is 2.42. The van der Waals surface area contributed by atoms with E-state index in [9.17, 15) is 4.39 Å². The Hall–Kier alpha value is 0.640. The molecule has 0 radical (unpaired) electrons. The maximum absolute atomic E-state index is 13.0. The average molecular weight is 466 g/mol. The summed E-state index contributed by atoms with van der Waals surface area (Å²) < 4.78 is 15.2. The molecule has 1 unspecified atom stereocenters. The van der Waals surface area contributed by atoms with Crippen LogP contribution in [-0.2, 0) is 0 Å². The summed E-state index contributed by atoms with van der Waals surface area (Å²) in [5.74, 6) is -0.243. The first kappa shape index (κ1) is 14.1. The van der Waals surface area contributed by atoms with Crippen molar-refractivity contribution in [3.63, 3.8) is 0 Å². The summed E-state index contributed by atoms with van der Waals surface area (Å²) in [4.78, 5) is -0.0775. The Balaban J connectivity index is 2.43. The summed E-state index contributed by atoms with van der Waals surface area (Å²) >= 11 is 19.0. The normalized spacial score (nSPS) is 12.8. The lowest BCUT2D eigenvalue weighted by Crippen LogP contribution is -1.95. The van der Waals surface area contributed by atoms with Crippen LogP contribution < -0.4 is 0 Å². The molecule has 0 spiro atoms. The van der Waals surface area contributed by atoms with Gasteiger partial charge in [0.2, 0.25) is 0 Å². The van der Waals surface area contributed by atoms with Gasteiger partial charge < -0.3 is 0 Å². The van der Waals surface area contributed by atoms with Crippen molar-refractivity contribution in [3.05, 3.63) is 53.5 Å². The third-order valence-corrected chi connectivity index (χ3v) is 5.63. The van der Waals surface area contributed by atoms with Gasteiger partial charge in [-0.2, -0.15) is 0 Å². The Labute approximate surface area is 134 Å². The molecule has 0 amide bonds. The van der Waals surface area contributed by atoms with Crippen LogP contribution in [0, 0.1) is 9.39 Å². The van der Waals surface area contributed by atoms with Gasteiger partial charge in [-0.15, -0.1) is 11.3 Å². The molecule has 90 valence electrons. The molecule has 0 aliphatic carbocycles. The molecule has 0 aliphatic rings. The second kappa shape index (κ2) is 5.74. The summed E-state index contributed by atoms with van der Waals surface area (Å²) in [6, 6.07) is 6.51. The van der Waals surface area contributed by atoms with Gasteiger partial charge in [-0.1, -0.05) is 45.2 Å². The van der Waals surface area contributed by atoms with E-state index in [2.05, 4.69) is 38.5 Å². The topological polar surface area (TPSA) is 0 Å². The maximum Gasteiger partial charge on any atom is 0.124 e. The molecule has 0 aliphatic heterocycles. The quantitative estimate of drug-likeness (QED) is 0.361. The minimum atomic E-state index is -0.243. The van der Waals surface area contributed by atoms with Crippen LogP contribution in [0.3, 0.4) is 0 Å². The van der Waals surface area contributed by atoms with Gasteiger partial charge in [-0.3, -0.25) is 0 Å². The summed E-state index contributed by atoms with van der Waals surface area (Å²) in [7, 11) is 0. The SMILES string of the molecule is Fc1ccc(C(Br)c2cc(Cl)sc2Cl)c(I)c1. The fourth-order valence-electron chi connectivity index (χ4n) is 1.40. The molecule has 0 nitrogen and oxygen atoms in total. The summed E-state index contributed by atoms with van der Waals surface area (Å²) in [6.45, 7) is 0. The zero-order valence-corrected chi connectivity index (χ0v) is 14.3. The van der Waals surface area contributed by atoms with Crippen molar-refractivity contribution in [2.24, 2.45) is 0 Å². The molecular formula is C11H5BrCl2FIS. The van der Waals surface area contributed by atoms with Gasteiger partial charge in [0.05, 0.1) is 13.5 Å². The zero-order chi connectivity index (χ0) is 12.6. The minimum absolute atomic E-state index is 0.0775. The Bertz CT molecular complexity index is 558. The Kier molecular flexibility index (Phi) is 4.74. The molecule has 0 fully saturated rings. The maximum atomic E-state index is 13.0. The van der Waals surface area contributed by atoms with Crippen molar-refractivity contribution < 1.29 is 4.39 Å².